The zero-order chi connectivity index (χ0) is 13.3. The molecule has 0 spiro atoms. The van der Waals surface area contributed by atoms with Gasteiger partial charge >= 0.3 is 0 Å². The van der Waals surface area contributed by atoms with Crippen LogP contribution in [0.5, 0.6) is 0 Å². The molecule has 1 aromatic carbocycles. The van der Waals surface area contributed by atoms with Crippen molar-refractivity contribution < 1.29 is 4.79 Å². The van der Waals surface area contributed by atoms with Gasteiger partial charge in [-0.2, -0.15) is 5.10 Å². The van der Waals surface area contributed by atoms with E-state index in [-0.39, 0.29) is 16.9 Å². The molecule has 5 heteroatoms. The maximum Gasteiger partial charge on any atom is 0.211 e. The number of benzene rings is 1. The third kappa shape index (κ3) is 2.41. The number of carbonyl (C=O) groups excluding carboxylic acids is 1. The van der Waals surface area contributed by atoms with E-state index in [1.165, 1.54) is 13.0 Å². The zero-order valence-corrected chi connectivity index (χ0v) is 11.6. The van der Waals surface area contributed by atoms with Crippen molar-refractivity contribution in [3.63, 3.8) is 0 Å². The van der Waals surface area contributed by atoms with Gasteiger partial charge in [0.15, 0.2) is 11.5 Å². The van der Waals surface area contributed by atoms with E-state index >= 15 is 0 Å². The van der Waals surface area contributed by atoms with Gasteiger partial charge in [0.2, 0.25) is 5.43 Å². The van der Waals surface area contributed by atoms with Crippen LogP contribution in [-0.4, -0.2) is 15.6 Å². The molecule has 0 N–H and O–H groups in total. The highest BCUT2D eigenvalue weighted by molar-refractivity contribution is 9.10. The topological polar surface area (TPSA) is 52.0 Å². The summed E-state index contributed by atoms with van der Waals surface area (Å²) >= 11 is 3.38. The molecule has 0 saturated heterocycles. The molecule has 0 amide bonds. The normalized spacial score (nSPS) is 10.4. The first-order valence-corrected chi connectivity index (χ1v) is 6.16. The van der Waals surface area contributed by atoms with Crippen molar-refractivity contribution in [2.24, 2.45) is 0 Å². The monoisotopic (exact) mass is 306 g/mol. The molecule has 18 heavy (non-hydrogen) atoms. The lowest BCUT2D eigenvalue weighted by molar-refractivity contribution is 0.101. The number of rotatable bonds is 2. The first-order chi connectivity index (χ1) is 8.49. The summed E-state index contributed by atoms with van der Waals surface area (Å²) in [5.74, 6) is -0.330. The van der Waals surface area contributed by atoms with Gasteiger partial charge in [-0.25, -0.2) is 4.68 Å². The Morgan fingerprint density at radius 3 is 2.67 bits per heavy atom. The number of carbonyl (C=O) groups is 1. The van der Waals surface area contributed by atoms with E-state index in [2.05, 4.69) is 21.0 Å². The number of Topliss-reactive ketones (excluding diaryl/α,β-unsaturated/α-hetero) is 1. The number of hydrogen-bond donors (Lipinski definition) is 0. The van der Waals surface area contributed by atoms with E-state index in [0.29, 0.717) is 5.69 Å². The minimum absolute atomic E-state index is 0.0411. The Morgan fingerprint density at radius 2 is 2.06 bits per heavy atom. The van der Waals surface area contributed by atoms with Crippen LogP contribution in [0.15, 0.2) is 39.6 Å². The summed E-state index contributed by atoms with van der Waals surface area (Å²) in [5, 5.41) is 4.12. The summed E-state index contributed by atoms with van der Waals surface area (Å²) < 4.78 is 2.49. The van der Waals surface area contributed by atoms with E-state index in [0.717, 1.165) is 10.2 Å². The van der Waals surface area contributed by atoms with E-state index in [1.54, 1.807) is 11.6 Å². The second kappa shape index (κ2) is 4.86. The predicted molar refractivity (Wildman–Crippen MR) is 72.3 cm³/mol. The smallest absolute Gasteiger partial charge is 0.211 e. The Balaban J connectivity index is 2.68. The van der Waals surface area contributed by atoms with E-state index in [1.807, 2.05) is 24.3 Å². The number of nitrogens with zero attached hydrogens (tertiary/aromatic N) is 2. The molecule has 1 aromatic heterocycles. The second-order valence-corrected chi connectivity index (χ2v) is 4.86. The third-order valence-electron chi connectivity index (χ3n) is 2.49. The van der Waals surface area contributed by atoms with Gasteiger partial charge in [0.1, 0.15) is 0 Å². The molecule has 1 heterocycles. The Morgan fingerprint density at radius 1 is 1.33 bits per heavy atom. The molecule has 0 unspecified atom stereocenters. The van der Waals surface area contributed by atoms with Crippen LogP contribution < -0.4 is 5.43 Å². The molecule has 0 aliphatic carbocycles. The van der Waals surface area contributed by atoms with Crippen molar-refractivity contribution in [1.29, 1.82) is 0 Å². The van der Waals surface area contributed by atoms with Gasteiger partial charge in [-0.05, 0) is 25.1 Å². The Bertz CT molecular complexity index is 677. The fourth-order valence-electron chi connectivity index (χ4n) is 1.66. The first kappa shape index (κ1) is 12.7. The fraction of sp³-hybridized carbons (Fsp3) is 0.154. The lowest BCUT2D eigenvalue weighted by atomic mass is 10.2. The molecule has 0 fully saturated rings. The maximum absolute atomic E-state index is 11.6. The standard InChI is InChI=1S/C13H11BrN2O2/c1-8-6-12(18)13(9(2)17)15-16(8)11-5-3-4-10(14)7-11/h3-7H,1-2H3. The van der Waals surface area contributed by atoms with Crippen LogP contribution in [0.25, 0.3) is 5.69 Å². The molecule has 2 aromatic rings. The number of ketones is 1. The van der Waals surface area contributed by atoms with Crippen molar-refractivity contribution in [3.8, 4) is 5.69 Å². The van der Waals surface area contributed by atoms with Crippen LogP contribution in [0.4, 0.5) is 0 Å². The van der Waals surface area contributed by atoms with E-state index in [4.69, 9.17) is 0 Å². The fourth-order valence-corrected chi connectivity index (χ4v) is 2.05. The Labute approximate surface area is 112 Å². The SMILES string of the molecule is CC(=O)c1nn(-c2cccc(Br)c2)c(C)cc1=O. The van der Waals surface area contributed by atoms with Crippen LogP contribution in [0, 0.1) is 6.92 Å². The molecule has 0 atom stereocenters. The molecule has 0 aliphatic rings. The van der Waals surface area contributed by atoms with Crippen LogP contribution >= 0.6 is 15.9 Å². The van der Waals surface area contributed by atoms with Crippen LogP contribution in [0.1, 0.15) is 23.1 Å². The molecule has 0 radical (unpaired) electrons. The highest BCUT2D eigenvalue weighted by atomic mass is 79.9. The summed E-state index contributed by atoms with van der Waals surface area (Å²) in [7, 11) is 0. The van der Waals surface area contributed by atoms with Crippen LogP contribution in [-0.2, 0) is 0 Å². The third-order valence-corrected chi connectivity index (χ3v) is 2.99. The van der Waals surface area contributed by atoms with Gasteiger partial charge in [0.05, 0.1) is 5.69 Å². The molecule has 0 saturated carbocycles. The van der Waals surface area contributed by atoms with Crippen molar-refractivity contribution in [3.05, 3.63) is 56.4 Å². The van der Waals surface area contributed by atoms with Crippen molar-refractivity contribution in [2.45, 2.75) is 13.8 Å². The molecular weight excluding hydrogens is 296 g/mol. The average molecular weight is 307 g/mol. The lowest BCUT2D eigenvalue weighted by Crippen LogP contribution is -2.21. The van der Waals surface area contributed by atoms with Crippen molar-refractivity contribution in [1.82, 2.24) is 9.78 Å². The quantitative estimate of drug-likeness (QED) is 0.801. The van der Waals surface area contributed by atoms with Gasteiger partial charge in [0, 0.05) is 23.2 Å². The summed E-state index contributed by atoms with van der Waals surface area (Å²) in [5.41, 5.74) is 1.10. The van der Waals surface area contributed by atoms with Crippen molar-refractivity contribution >= 4 is 21.7 Å². The summed E-state index contributed by atoms with van der Waals surface area (Å²) in [6, 6.07) is 8.91. The van der Waals surface area contributed by atoms with Gasteiger partial charge in [-0.1, -0.05) is 22.0 Å². The predicted octanol–water partition coefficient (Wildman–Crippen LogP) is 2.51. The molecule has 4 nitrogen and oxygen atoms in total. The summed E-state index contributed by atoms with van der Waals surface area (Å²) in [6.45, 7) is 3.11. The molecule has 0 bridgehead atoms. The Kier molecular flexibility index (Phi) is 3.43. The number of hydrogen-bond acceptors (Lipinski definition) is 3. The molecule has 2 rings (SSSR count). The van der Waals surface area contributed by atoms with Gasteiger partial charge in [-0.3, -0.25) is 9.59 Å². The van der Waals surface area contributed by atoms with Gasteiger partial charge in [0.25, 0.3) is 0 Å². The van der Waals surface area contributed by atoms with E-state index in [9.17, 15) is 9.59 Å². The highest BCUT2D eigenvalue weighted by Crippen LogP contribution is 2.15. The average Bonchev–Trinajstić information content (AvgIpc) is 2.28. The minimum atomic E-state index is -0.341. The largest absolute Gasteiger partial charge is 0.293 e. The van der Waals surface area contributed by atoms with Crippen LogP contribution in [0.3, 0.4) is 0 Å². The zero-order valence-electron chi connectivity index (χ0n) is 9.98. The number of halogens is 1. The second-order valence-electron chi connectivity index (χ2n) is 3.95. The summed E-state index contributed by atoms with van der Waals surface area (Å²) in [4.78, 5) is 23.0. The molecule has 0 aliphatic heterocycles. The maximum atomic E-state index is 11.6. The molecular formula is C13H11BrN2O2. The summed E-state index contributed by atoms with van der Waals surface area (Å²) in [6.07, 6.45) is 0. The number of aryl methyl sites for hydroxylation is 1. The number of aromatic nitrogens is 2. The van der Waals surface area contributed by atoms with Crippen LogP contribution in [0.2, 0.25) is 0 Å². The highest BCUT2D eigenvalue weighted by Gasteiger charge is 2.11. The van der Waals surface area contributed by atoms with E-state index < -0.39 is 0 Å². The first-order valence-electron chi connectivity index (χ1n) is 5.37. The van der Waals surface area contributed by atoms with Gasteiger partial charge in [-0.15, -0.1) is 0 Å². The van der Waals surface area contributed by atoms with Gasteiger partial charge < -0.3 is 0 Å². The Hall–Kier alpha value is -1.75. The minimum Gasteiger partial charge on any atom is -0.293 e. The lowest BCUT2D eigenvalue weighted by Gasteiger charge is -2.10. The molecule has 92 valence electrons. The van der Waals surface area contributed by atoms with Crippen molar-refractivity contribution in [2.75, 3.05) is 0 Å².